The summed E-state index contributed by atoms with van der Waals surface area (Å²) in [5.41, 5.74) is -1.07. The molecule has 1 aromatic carbocycles. The lowest BCUT2D eigenvalue weighted by Gasteiger charge is -2.28. The SMILES string of the molecule is CC1(c2cc3c(cc2C(F)(F)F)OCO3)CCCN1. The molecule has 3 rings (SSSR count). The van der Waals surface area contributed by atoms with Crippen molar-refractivity contribution in [3.63, 3.8) is 0 Å². The smallest absolute Gasteiger partial charge is 0.416 e. The van der Waals surface area contributed by atoms with E-state index in [2.05, 4.69) is 5.32 Å². The van der Waals surface area contributed by atoms with Gasteiger partial charge in [0.2, 0.25) is 6.79 Å². The van der Waals surface area contributed by atoms with Crippen LogP contribution in [0.25, 0.3) is 0 Å². The van der Waals surface area contributed by atoms with Crippen molar-refractivity contribution < 1.29 is 22.6 Å². The van der Waals surface area contributed by atoms with Crippen LogP contribution in [0.2, 0.25) is 0 Å². The Bertz CT molecular complexity index is 507. The van der Waals surface area contributed by atoms with Crippen molar-refractivity contribution in [3.05, 3.63) is 23.3 Å². The first-order valence-electron chi connectivity index (χ1n) is 6.16. The zero-order valence-electron chi connectivity index (χ0n) is 10.4. The number of hydrogen-bond acceptors (Lipinski definition) is 3. The van der Waals surface area contributed by atoms with Crippen molar-refractivity contribution in [1.29, 1.82) is 0 Å². The second-order valence-electron chi connectivity index (χ2n) is 5.11. The molecule has 0 spiro atoms. The molecule has 1 aromatic rings. The number of halogens is 3. The molecule has 0 aromatic heterocycles. The highest BCUT2D eigenvalue weighted by Gasteiger charge is 2.42. The van der Waals surface area contributed by atoms with E-state index in [9.17, 15) is 13.2 Å². The van der Waals surface area contributed by atoms with Crippen LogP contribution in [0.1, 0.15) is 30.9 Å². The molecule has 0 bridgehead atoms. The summed E-state index contributed by atoms with van der Waals surface area (Å²) in [6.07, 6.45) is -2.86. The van der Waals surface area contributed by atoms with E-state index in [1.807, 2.05) is 0 Å². The van der Waals surface area contributed by atoms with Crippen molar-refractivity contribution in [2.45, 2.75) is 31.5 Å². The lowest BCUT2D eigenvalue weighted by Crippen LogP contribution is -2.35. The molecular formula is C13H14F3NO2. The average Bonchev–Trinajstić information content (AvgIpc) is 2.94. The second kappa shape index (κ2) is 4.03. The predicted octanol–water partition coefficient (Wildman–Crippen LogP) is 3.03. The van der Waals surface area contributed by atoms with E-state index in [0.29, 0.717) is 12.2 Å². The van der Waals surface area contributed by atoms with Crippen molar-refractivity contribution in [1.82, 2.24) is 5.32 Å². The molecule has 2 aliphatic heterocycles. The standard InChI is InChI=1S/C13H14F3NO2/c1-12(3-2-4-17-12)8-5-10-11(19-7-18-10)6-9(8)13(14,15)16/h5-6,17H,2-4,7H2,1H3. The van der Waals surface area contributed by atoms with Crippen LogP contribution >= 0.6 is 0 Å². The lowest BCUT2D eigenvalue weighted by molar-refractivity contribution is -0.138. The van der Waals surface area contributed by atoms with Crippen molar-refractivity contribution in [2.75, 3.05) is 13.3 Å². The highest BCUT2D eigenvalue weighted by molar-refractivity contribution is 5.52. The van der Waals surface area contributed by atoms with Gasteiger partial charge in [-0.1, -0.05) is 0 Å². The molecule has 2 aliphatic rings. The van der Waals surface area contributed by atoms with Crippen LogP contribution in [0.3, 0.4) is 0 Å². The van der Waals surface area contributed by atoms with Gasteiger partial charge in [-0.3, -0.25) is 0 Å². The van der Waals surface area contributed by atoms with E-state index in [1.165, 1.54) is 6.07 Å². The number of hydrogen-bond donors (Lipinski definition) is 1. The maximum atomic E-state index is 13.2. The van der Waals surface area contributed by atoms with Gasteiger partial charge in [0.25, 0.3) is 0 Å². The summed E-state index contributed by atoms with van der Waals surface area (Å²) in [6.45, 7) is 2.50. The molecule has 0 aliphatic carbocycles. The fraction of sp³-hybridized carbons (Fsp3) is 0.538. The Kier molecular flexibility index (Phi) is 2.67. The second-order valence-corrected chi connectivity index (χ2v) is 5.11. The van der Waals surface area contributed by atoms with Crippen molar-refractivity contribution in [3.8, 4) is 11.5 Å². The highest BCUT2D eigenvalue weighted by Crippen LogP contribution is 2.46. The van der Waals surface area contributed by atoms with Gasteiger partial charge in [-0.05, 0) is 44.0 Å². The van der Waals surface area contributed by atoms with E-state index in [-0.39, 0.29) is 18.1 Å². The normalized spacial score (nSPS) is 25.9. The Morgan fingerprint density at radius 1 is 1.21 bits per heavy atom. The fourth-order valence-electron chi connectivity index (χ4n) is 2.76. The minimum absolute atomic E-state index is 0.0276. The van der Waals surface area contributed by atoms with Gasteiger partial charge in [0.05, 0.1) is 5.56 Å². The van der Waals surface area contributed by atoms with E-state index in [1.54, 1.807) is 6.92 Å². The van der Waals surface area contributed by atoms with E-state index >= 15 is 0 Å². The van der Waals surface area contributed by atoms with Crippen LogP contribution in [-0.2, 0) is 11.7 Å². The van der Waals surface area contributed by atoms with Gasteiger partial charge in [-0.25, -0.2) is 0 Å². The Balaban J connectivity index is 2.16. The number of nitrogens with one attached hydrogen (secondary N) is 1. The minimum atomic E-state index is -4.40. The molecule has 1 N–H and O–H groups in total. The number of ether oxygens (including phenoxy) is 2. The van der Waals surface area contributed by atoms with Gasteiger partial charge in [-0.2, -0.15) is 13.2 Å². The molecule has 104 valence electrons. The summed E-state index contributed by atoms with van der Waals surface area (Å²) in [5.74, 6) is 0.551. The van der Waals surface area contributed by atoms with Gasteiger partial charge >= 0.3 is 6.18 Å². The first-order chi connectivity index (χ1) is 8.90. The summed E-state index contributed by atoms with van der Waals surface area (Å²) in [6, 6.07) is 2.51. The Morgan fingerprint density at radius 2 is 1.89 bits per heavy atom. The molecule has 2 heterocycles. The average molecular weight is 273 g/mol. The molecule has 0 saturated carbocycles. The molecule has 3 nitrogen and oxygen atoms in total. The monoisotopic (exact) mass is 273 g/mol. The summed E-state index contributed by atoms with van der Waals surface area (Å²) in [5, 5.41) is 3.16. The van der Waals surface area contributed by atoms with Crippen LogP contribution in [0.4, 0.5) is 13.2 Å². The topological polar surface area (TPSA) is 30.5 Å². The van der Waals surface area contributed by atoms with E-state index < -0.39 is 17.3 Å². The summed E-state index contributed by atoms with van der Waals surface area (Å²) < 4.78 is 49.9. The zero-order chi connectivity index (χ0) is 13.7. The molecule has 1 unspecified atom stereocenters. The van der Waals surface area contributed by atoms with Crippen LogP contribution in [0.5, 0.6) is 11.5 Å². The maximum Gasteiger partial charge on any atom is 0.416 e. The maximum absolute atomic E-state index is 13.2. The molecule has 1 atom stereocenters. The third-order valence-electron chi connectivity index (χ3n) is 3.78. The van der Waals surface area contributed by atoms with Crippen LogP contribution in [0.15, 0.2) is 12.1 Å². The van der Waals surface area contributed by atoms with Crippen LogP contribution in [0, 0.1) is 0 Å². The predicted molar refractivity (Wildman–Crippen MR) is 62.2 cm³/mol. The molecule has 0 amide bonds. The zero-order valence-corrected chi connectivity index (χ0v) is 10.4. The van der Waals surface area contributed by atoms with E-state index in [0.717, 1.165) is 19.0 Å². The third kappa shape index (κ3) is 2.04. The number of fused-ring (bicyclic) bond motifs is 1. The fourth-order valence-corrected chi connectivity index (χ4v) is 2.76. The quantitative estimate of drug-likeness (QED) is 0.853. The summed E-state index contributed by atoms with van der Waals surface area (Å²) >= 11 is 0. The Morgan fingerprint density at radius 3 is 2.47 bits per heavy atom. The van der Waals surface area contributed by atoms with E-state index in [4.69, 9.17) is 9.47 Å². The Hall–Kier alpha value is -1.43. The number of rotatable bonds is 1. The van der Waals surface area contributed by atoms with Crippen LogP contribution in [-0.4, -0.2) is 13.3 Å². The lowest BCUT2D eigenvalue weighted by atomic mass is 9.86. The Labute approximate surface area is 108 Å². The third-order valence-corrected chi connectivity index (χ3v) is 3.78. The molecule has 0 radical (unpaired) electrons. The highest BCUT2D eigenvalue weighted by atomic mass is 19.4. The van der Waals surface area contributed by atoms with Crippen molar-refractivity contribution in [2.24, 2.45) is 0 Å². The number of alkyl halides is 3. The number of benzene rings is 1. The largest absolute Gasteiger partial charge is 0.454 e. The summed E-state index contributed by atoms with van der Waals surface area (Å²) in [4.78, 5) is 0. The van der Waals surface area contributed by atoms with Gasteiger partial charge < -0.3 is 14.8 Å². The first-order valence-corrected chi connectivity index (χ1v) is 6.16. The first kappa shape index (κ1) is 12.6. The summed E-state index contributed by atoms with van der Waals surface area (Å²) in [7, 11) is 0. The molecular weight excluding hydrogens is 259 g/mol. The molecule has 1 fully saturated rings. The van der Waals surface area contributed by atoms with Crippen LogP contribution < -0.4 is 14.8 Å². The van der Waals surface area contributed by atoms with Gasteiger partial charge in [0.1, 0.15) is 0 Å². The minimum Gasteiger partial charge on any atom is -0.454 e. The van der Waals surface area contributed by atoms with Gasteiger partial charge in [-0.15, -0.1) is 0 Å². The molecule has 6 heteroatoms. The van der Waals surface area contributed by atoms with Gasteiger partial charge in [0, 0.05) is 5.54 Å². The molecule has 1 saturated heterocycles. The molecule has 19 heavy (non-hydrogen) atoms. The van der Waals surface area contributed by atoms with Gasteiger partial charge in [0.15, 0.2) is 11.5 Å². The van der Waals surface area contributed by atoms with Crippen molar-refractivity contribution >= 4 is 0 Å².